The number of nitrogens with zero attached hydrogens (tertiary/aromatic N) is 2. The molecule has 0 aliphatic heterocycles. The van der Waals surface area contributed by atoms with Crippen LogP contribution < -0.4 is 5.32 Å². The Morgan fingerprint density at radius 3 is 2.76 bits per heavy atom. The van der Waals surface area contributed by atoms with Crippen LogP contribution >= 0.6 is 23.2 Å². The van der Waals surface area contributed by atoms with Crippen LogP contribution in [0, 0.1) is 5.41 Å². The van der Waals surface area contributed by atoms with Crippen molar-refractivity contribution in [3.63, 3.8) is 0 Å². The first kappa shape index (κ1) is 14.9. The maximum atomic E-state index is 6.34. The molecule has 0 bridgehead atoms. The van der Waals surface area contributed by atoms with E-state index in [1.165, 1.54) is 11.3 Å². The summed E-state index contributed by atoms with van der Waals surface area (Å²) in [6, 6.07) is 5.87. The summed E-state index contributed by atoms with van der Waals surface area (Å²) in [6.07, 6.45) is 4.05. The summed E-state index contributed by atoms with van der Waals surface area (Å²) in [7, 11) is 2.00. The van der Waals surface area contributed by atoms with Crippen LogP contribution in [0.4, 0.5) is 0 Å². The number of fused-ring (bicyclic) bond motifs is 1. The van der Waals surface area contributed by atoms with Crippen molar-refractivity contribution in [2.45, 2.75) is 32.7 Å². The van der Waals surface area contributed by atoms with E-state index in [0.717, 1.165) is 18.5 Å². The molecule has 1 aromatic heterocycles. The van der Waals surface area contributed by atoms with Crippen molar-refractivity contribution >= 4 is 23.2 Å². The van der Waals surface area contributed by atoms with Gasteiger partial charge in [0, 0.05) is 22.3 Å². The molecule has 3 rings (SSSR count). The average Bonchev–Trinajstić information content (AvgIpc) is 2.80. The van der Waals surface area contributed by atoms with Crippen LogP contribution in [-0.4, -0.2) is 16.8 Å². The monoisotopic (exact) mass is 323 g/mol. The number of hydrogen-bond acceptors (Lipinski definition) is 2. The zero-order chi connectivity index (χ0) is 15.2. The number of halogens is 2. The molecule has 0 amide bonds. The SMILES string of the molecule is CNC1CC(C)(C)Cc2c1cnn2-c1ccc(Cl)cc1Cl. The van der Waals surface area contributed by atoms with Crippen molar-refractivity contribution < 1.29 is 0 Å². The van der Waals surface area contributed by atoms with Crippen LogP contribution in [0.15, 0.2) is 24.4 Å². The number of benzene rings is 1. The van der Waals surface area contributed by atoms with E-state index in [9.17, 15) is 0 Å². The molecule has 1 N–H and O–H groups in total. The first-order valence-corrected chi connectivity index (χ1v) is 7.86. The summed E-state index contributed by atoms with van der Waals surface area (Å²) in [5.74, 6) is 0. The zero-order valence-electron chi connectivity index (χ0n) is 12.5. The van der Waals surface area contributed by atoms with E-state index in [-0.39, 0.29) is 5.41 Å². The molecule has 1 unspecified atom stereocenters. The quantitative estimate of drug-likeness (QED) is 0.887. The zero-order valence-corrected chi connectivity index (χ0v) is 14.0. The second-order valence-electron chi connectivity index (χ2n) is 6.44. The molecule has 5 heteroatoms. The van der Waals surface area contributed by atoms with Gasteiger partial charge in [-0.15, -0.1) is 0 Å². The van der Waals surface area contributed by atoms with E-state index >= 15 is 0 Å². The second kappa shape index (κ2) is 5.31. The molecule has 112 valence electrons. The third-order valence-electron chi connectivity index (χ3n) is 4.17. The smallest absolute Gasteiger partial charge is 0.0836 e. The number of rotatable bonds is 2. The van der Waals surface area contributed by atoms with Crippen molar-refractivity contribution in [1.29, 1.82) is 0 Å². The molecule has 0 radical (unpaired) electrons. The highest BCUT2D eigenvalue weighted by Crippen LogP contribution is 2.41. The molecule has 0 spiro atoms. The summed E-state index contributed by atoms with van der Waals surface area (Å²) in [5, 5.41) is 9.23. The van der Waals surface area contributed by atoms with Crippen molar-refractivity contribution in [1.82, 2.24) is 15.1 Å². The van der Waals surface area contributed by atoms with Gasteiger partial charge in [0.2, 0.25) is 0 Å². The molecule has 1 aliphatic carbocycles. The minimum absolute atomic E-state index is 0.233. The van der Waals surface area contributed by atoms with E-state index in [1.807, 2.05) is 30.1 Å². The lowest BCUT2D eigenvalue weighted by Crippen LogP contribution is -2.32. The Balaban J connectivity index is 2.12. The minimum atomic E-state index is 0.233. The van der Waals surface area contributed by atoms with Gasteiger partial charge in [0.15, 0.2) is 0 Å². The van der Waals surface area contributed by atoms with E-state index in [4.69, 9.17) is 23.2 Å². The fraction of sp³-hybridized carbons (Fsp3) is 0.438. The lowest BCUT2D eigenvalue weighted by atomic mass is 9.74. The molecule has 2 aromatic rings. The number of nitrogens with one attached hydrogen (secondary N) is 1. The Kier molecular flexibility index (Phi) is 3.76. The average molecular weight is 324 g/mol. The summed E-state index contributed by atoms with van der Waals surface area (Å²) >= 11 is 12.3. The van der Waals surface area contributed by atoms with Gasteiger partial charge in [0.1, 0.15) is 0 Å². The first-order chi connectivity index (χ1) is 9.91. The van der Waals surface area contributed by atoms with Crippen LogP contribution in [0.1, 0.15) is 37.6 Å². The molecule has 21 heavy (non-hydrogen) atoms. The third-order valence-corrected chi connectivity index (χ3v) is 4.70. The van der Waals surface area contributed by atoms with Gasteiger partial charge in [-0.1, -0.05) is 37.0 Å². The van der Waals surface area contributed by atoms with Crippen molar-refractivity contribution in [3.05, 3.63) is 45.7 Å². The molecule has 1 atom stereocenters. The predicted molar refractivity (Wildman–Crippen MR) is 87.5 cm³/mol. The summed E-state index contributed by atoms with van der Waals surface area (Å²) in [5.41, 5.74) is 3.62. The van der Waals surface area contributed by atoms with Crippen molar-refractivity contribution in [2.75, 3.05) is 7.05 Å². The Hall–Kier alpha value is -1.03. The van der Waals surface area contributed by atoms with Gasteiger partial charge in [-0.25, -0.2) is 4.68 Å². The summed E-state index contributed by atoms with van der Waals surface area (Å²) in [4.78, 5) is 0. The van der Waals surface area contributed by atoms with Gasteiger partial charge >= 0.3 is 0 Å². The molecule has 3 nitrogen and oxygen atoms in total. The lowest BCUT2D eigenvalue weighted by Gasteiger charge is -2.35. The van der Waals surface area contributed by atoms with Gasteiger partial charge in [-0.3, -0.25) is 0 Å². The van der Waals surface area contributed by atoms with Crippen LogP contribution in [0.2, 0.25) is 10.0 Å². The van der Waals surface area contributed by atoms with Gasteiger partial charge in [0.05, 0.1) is 16.9 Å². The largest absolute Gasteiger partial charge is 0.313 e. The second-order valence-corrected chi connectivity index (χ2v) is 7.28. The highest BCUT2D eigenvalue weighted by atomic mass is 35.5. The maximum Gasteiger partial charge on any atom is 0.0836 e. The molecule has 0 saturated carbocycles. The maximum absolute atomic E-state index is 6.34. The standard InChI is InChI=1S/C16H19Cl2N3/c1-16(2)7-13(19-3)11-9-20-21(15(11)8-16)14-5-4-10(17)6-12(14)18/h4-6,9,13,19H,7-8H2,1-3H3. The van der Waals surface area contributed by atoms with E-state index < -0.39 is 0 Å². The topological polar surface area (TPSA) is 29.9 Å². The van der Waals surface area contributed by atoms with Gasteiger partial charge < -0.3 is 5.32 Å². The summed E-state index contributed by atoms with van der Waals surface area (Å²) < 4.78 is 1.96. The van der Waals surface area contributed by atoms with E-state index in [0.29, 0.717) is 16.1 Å². The molecule has 1 heterocycles. The highest BCUT2D eigenvalue weighted by molar-refractivity contribution is 6.35. The summed E-state index contributed by atoms with van der Waals surface area (Å²) in [6.45, 7) is 4.59. The van der Waals surface area contributed by atoms with Crippen molar-refractivity contribution in [3.8, 4) is 5.69 Å². The fourth-order valence-electron chi connectivity index (χ4n) is 3.16. The Bertz CT molecular complexity index is 676. The molecule has 0 fully saturated rings. The molecule has 1 aliphatic rings. The van der Waals surface area contributed by atoms with Crippen LogP contribution in [0.3, 0.4) is 0 Å². The Labute approximate surface area is 135 Å². The highest BCUT2D eigenvalue weighted by Gasteiger charge is 2.34. The Morgan fingerprint density at radius 2 is 2.10 bits per heavy atom. The van der Waals surface area contributed by atoms with Gasteiger partial charge in [-0.2, -0.15) is 5.10 Å². The van der Waals surface area contributed by atoms with Crippen LogP contribution in [-0.2, 0) is 6.42 Å². The molecule has 1 aromatic carbocycles. The first-order valence-electron chi connectivity index (χ1n) is 7.11. The van der Waals surface area contributed by atoms with Gasteiger partial charge in [-0.05, 0) is 43.5 Å². The lowest BCUT2D eigenvalue weighted by molar-refractivity contribution is 0.260. The predicted octanol–water partition coefficient (Wildman–Crippen LogP) is 4.41. The van der Waals surface area contributed by atoms with Crippen molar-refractivity contribution in [2.24, 2.45) is 5.41 Å². The number of hydrogen-bond donors (Lipinski definition) is 1. The van der Waals surface area contributed by atoms with Gasteiger partial charge in [0.25, 0.3) is 0 Å². The minimum Gasteiger partial charge on any atom is -0.313 e. The molecular formula is C16H19Cl2N3. The fourth-order valence-corrected chi connectivity index (χ4v) is 3.65. The molecular weight excluding hydrogens is 305 g/mol. The van der Waals surface area contributed by atoms with E-state index in [2.05, 4.69) is 24.3 Å². The normalized spacial score (nSPS) is 20.3. The molecule has 0 saturated heterocycles. The number of aromatic nitrogens is 2. The Morgan fingerprint density at radius 1 is 1.33 bits per heavy atom. The third kappa shape index (κ3) is 2.70. The van der Waals surface area contributed by atoms with Crippen LogP contribution in [0.25, 0.3) is 5.69 Å². The van der Waals surface area contributed by atoms with Crippen LogP contribution in [0.5, 0.6) is 0 Å². The van der Waals surface area contributed by atoms with E-state index in [1.54, 1.807) is 6.07 Å².